The summed E-state index contributed by atoms with van der Waals surface area (Å²) >= 11 is 5.78. The smallest absolute Gasteiger partial charge is 0.315 e. The molecule has 17 heavy (non-hydrogen) atoms. The highest BCUT2D eigenvalue weighted by molar-refractivity contribution is 6.30. The van der Waals surface area contributed by atoms with Gasteiger partial charge in [0.1, 0.15) is 0 Å². The normalized spacial score (nSPS) is 20.0. The Balaban J connectivity index is 2.03. The van der Waals surface area contributed by atoms with Gasteiger partial charge in [-0.1, -0.05) is 23.7 Å². The zero-order valence-electron chi connectivity index (χ0n) is 9.07. The van der Waals surface area contributed by atoms with Gasteiger partial charge in [0.2, 0.25) is 0 Å². The van der Waals surface area contributed by atoms with Crippen LogP contribution in [0.2, 0.25) is 5.02 Å². The molecule has 1 heterocycles. The van der Waals surface area contributed by atoms with Crippen molar-refractivity contribution in [3.63, 3.8) is 0 Å². The number of amides is 1. The number of carbonyl (C=O) groups is 1. The molecule has 1 aromatic rings. The van der Waals surface area contributed by atoms with E-state index in [1.165, 1.54) is 4.90 Å². The van der Waals surface area contributed by atoms with E-state index in [0.717, 1.165) is 12.0 Å². The average Bonchev–Trinajstić information content (AvgIpc) is 2.78. The number of benzene rings is 1. The Kier molecular flexibility index (Phi) is 3.62. The number of hydrogen-bond donors (Lipinski definition) is 0. The number of nitrogens with zero attached hydrogens (tertiary/aromatic N) is 1. The first kappa shape index (κ1) is 12.3. The van der Waals surface area contributed by atoms with Gasteiger partial charge in [-0.3, -0.25) is 4.79 Å². The fraction of sp³-hybridized carbons (Fsp3) is 0.417. The molecular weight excluding hydrogens is 248 g/mol. The third kappa shape index (κ3) is 2.75. The van der Waals surface area contributed by atoms with Crippen molar-refractivity contribution in [3.05, 3.63) is 34.9 Å². The van der Waals surface area contributed by atoms with E-state index < -0.39 is 12.3 Å². The van der Waals surface area contributed by atoms with Crippen molar-refractivity contribution in [2.45, 2.75) is 18.8 Å². The van der Waals surface area contributed by atoms with Gasteiger partial charge in [0, 0.05) is 24.0 Å². The van der Waals surface area contributed by atoms with E-state index in [2.05, 4.69) is 0 Å². The maximum Gasteiger partial charge on any atom is 0.315 e. The Bertz CT molecular complexity index is 407. The van der Waals surface area contributed by atoms with Crippen molar-refractivity contribution in [2.24, 2.45) is 0 Å². The molecule has 1 aliphatic rings. The summed E-state index contributed by atoms with van der Waals surface area (Å²) in [7, 11) is 0. The molecule has 0 bridgehead atoms. The largest absolute Gasteiger partial charge is 0.337 e. The van der Waals surface area contributed by atoms with Gasteiger partial charge in [-0.2, -0.15) is 8.78 Å². The zero-order valence-corrected chi connectivity index (χ0v) is 9.83. The summed E-state index contributed by atoms with van der Waals surface area (Å²) < 4.78 is 24.5. The molecule has 1 saturated heterocycles. The number of carbonyl (C=O) groups excluding carboxylic acids is 1. The lowest BCUT2D eigenvalue weighted by Gasteiger charge is -2.15. The van der Waals surface area contributed by atoms with Crippen LogP contribution in [0.4, 0.5) is 8.78 Å². The van der Waals surface area contributed by atoms with Crippen LogP contribution in [0.3, 0.4) is 0 Å². The highest BCUT2D eigenvalue weighted by Gasteiger charge is 2.31. The molecule has 5 heteroatoms. The minimum atomic E-state index is -2.90. The molecule has 1 fully saturated rings. The van der Waals surface area contributed by atoms with Crippen LogP contribution in [0.5, 0.6) is 0 Å². The van der Waals surface area contributed by atoms with Crippen molar-refractivity contribution in [2.75, 3.05) is 13.1 Å². The molecule has 1 atom stereocenters. The Morgan fingerprint density at radius 2 is 2.00 bits per heavy atom. The molecule has 0 aliphatic carbocycles. The summed E-state index contributed by atoms with van der Waals surface area (Å²) in [6, 6.07) is 7.30. The molecule has 1 aromatic carbocycles. The van der Waals surface area contributed by atoms with E-state index >= 15 is 0 Å². The van der Waals surface area contributed by atoms with Gasteiger partial charge in [-0.05, 0) is 24.1 Å². The molecule has 2 rings (SSSR count). The Morgan fingerprint density at radius 3 is 2.59 bits per heavy atom. The molecule has 1 amide bonds. The minimum absolute atomic E-state index is 0.134. The molecule has 1 aliphatic heterocycles. The number of alkyl halides is 2. The third-order valence-corrected chi connectivity index (χ3v) is 3.28. The molecule has 0 radical (unpaired) electrons. The quantitative estimate of drug-likeness (QED) is 0.800. The highest BCUT2D eigenvalue weighted by atomic mass is 35.5. The molecular formula is C12H12ClF2NO. The molecule has 0 N–H and O–H groups in total. The topological polar surface area (TPSA) is 20.3 Å². The molecule has 0 spiro atoms. The van der Waals surface area contributed by atoms with Crippen LogP contribution in [0.15, 0.2) is 24.3 Å². The van der Waals surface area contributed by atoms with E-state index in [-0.39, 0.29) is 5.92 Å². The minimum Gasteiger partial charge on any atom is -0.337 e. The van der Waals surface area contributed by atoms with Crippen LogP contribution >= 0.6 is 11.6 Å². The van der Waals surface area contributed by atoms with Crippen LogP contribution < -0.4 is 0 Å². The first-order chi connectivity index (χ1) is 8.08. The average molecular weight is 260 g/mol. The SMILES string of the molecule is O=C(C(F)F)N1CC[C@H](c2ccc(Cl)cc2)C1. The van der Waals surface area contributed by atoms with Crippen LogP contribution in [0.25, 0.3) is 0 Å². The Hall–Kier alpha value is -1.16. The van der Waals surface area contributed by atoms with Crippen molar-refractivity contribution < 1.29 is 13.6 Å². The standard InChI is InChI=1S/C12H12ClF2NO/c13-10-3-1-8(2-4-10)9-5-6-16(7-9)12(17)11(14)15/h1-4,9,11H,5-7H2/t9-/m0/s1. The third-order valence-electron chi connectivity index (χ3n) is 3.03. The first-order valence-electron chi connectivity index (χ1n) is 5.40. The lowest BCUT2D eigenvalue weighted by atomic mass is 9.99. The second-order valence-electron chi connectivity index (χ2n) is 4.12. The molecule has 0 unspecified atom stereocenters. The molecule has 2 nitrogen and oxygen atoms in total. The molecule has 92 valence electrons. The number of rotatable bonds is 2. The van der Waals surface area contributed by atoms with Crippen molar-refractivity contribution in [1.82, 2.24) is 4.90 Å². The van der Waals surface area contributed by atoms with Gasteiger partial charge in [0.15, 0.2) is 0 Å². The number of likely N-dealkylation sites (tertiary alicyclic amines) is 1. The van der Waals surface area contributed by atoms with E-state index in [1.54, 1.807) is 12.1 Å². The Labute approximate surface area is 103 Å². The summed E-state index contributed by atoms with van der Waals surface area (Å²) in [5.41, 5.74) is 1.04. The van der Waals surface area contributed by atoms with Gasteiger partial charge in [0.05, 0.1) is 0 Å². The van der Waals surface area contributed by atoms with Gasteiger partial charge < -0.3 is 4.90 Å². The predicted molar refractivity (Wildman–Crippen MR) is 61.4 cm³/mol. The summed E-state index contributed by atoms with van der Waals surface area (Å²) in [4.78, 5) is 12.4. The van der Waals surface area contributed by atoms with Gasteiger partial charge >= 0.3 is 6.43 Å². The lowest BCUT2D eigenvalue weighted by Crippen LogP contribution is -2.33. The number of hydrogen-bond acceptors (Lipinski definition) is 1. The Morgan fingerprint density at radius 1 is 1.35 bits per heavy atom. The summed E-state index contributed by atoms with van der Waals surface area (Å²) in [6.45, 7) is 0.765. The second-order valence-corrected chi connectivity index (χ2v) is 4.56. The van der Waals surface area contributed by atoms with Crippen LogP contribution in [-0.2, 0) is 4.79 Å². The van der Waals surface area contributed by atoms with E-state index in [4.69, 9.17) is 11.6 Å². The second kappa shape index (κ2) is 5.00. The van der Waals surface area contributed by atoms with Gasteiger partial charge in [-0.25, -0.2) is 0 Å². The number of halogens is 3. The van der Waals surface area contributed by atoms with E-state index in [1.807, 2.05) is 12.1 Å². The summed E-state index contributed by atoms with van der Waals surface area (Å²) in [5.74, 6) is -0.934. The van der Waals surface area contributed by atoms with Crippen LogP contribution in [0.1, 0.15) is 17.9 Å². The van der Waals surface area contributed by atoms with Gasteiger partial charge in [0.25, 0.3) is 5.91 Å². The van der Waals surface area contributed by atoms with Crippen molar-refractivity contribution in [3.8, 4) is 0 Å². The highest BCUT2D eigenvalue weighted by Crippen LogP contribution is 2.28. The summed E-state index contributed by atoms with van der Waals surface area (Å²) in [5, 5.41) is 0.646. The fourth-order valence-corrected chi connectivity index (χ4v) is 2.23. The predicted octanol–water partition coefficient (Wildman–Crippen LogP) is 2.92. The summed E-state index contributed by atoms with van der Waals surface area (Å²) in [6.07, 6.45) is -2.18. The fourth-order valence-electron chi connectivity index (χ4n) is 2.11. The van der Waals surface area contributed by atoms with E-state index in [9.17, 15) is 13.6 Å². The van der Waals surface area contributed by atoms with Crippen LogP contribution in [-0.4, -0.2) is 30.3 Å². The van der Waals surface area contributed by atoms with Crippen molar-refractivity contribution >= 4 is 17.5 Å². The molecule has 0 saturated carbocycles. The maximum absolute atomic E-state index is 12.3. The van der Waals surface area contributed by atoms with E-state index in [0.29, 0.717) is 18.1 Å². The monoisotopic (exact) mass is 259 g/mol. The lowest BCUT2D eigenvalue weighted by molar-refractivity contribution is -0.141. The van der Waals surface area contributed by atoms with Gasteiger partial charge in [-0.15, -0.1) is 0 Å². The maximum atomic E-state index is 12.3. The first-order valence-corrected chi connectivity index (χ1v) is 5.78. The van der Waals surface area contributed by atoms with Crippen LogP contribution in [0, 0.1) is 0 Å². The molecule has 0 aromatic heterocycles. The van der Waals surface area contributed by atoms with Crippen molar-refractivity contribution in [1.29, 1.82) is 0 Å². The zero-order chi connectivity index (χ0) is 12.4.